The predicted octanol–water partition coefficient (Wildman–Crippen LogP) is 2.71. The Bertz CT molecular complexity index is 893. The second-order valence-corrected chi connectivity index (χ2v) is 7.36. The molecule has 0 spiro atoms. The number of benzene rings is 2. The Morgan fingerprint density at radius 2 is 1.75 bits per heavy atom. The van der Waals surface area contributed by atoms with Crippen LogP contribution in [0.5, 0.6) is 0 Å². The van der Waals surface area contributed by atoms with Crippen molar-refractivity contribution in [2.45, 2.75) is 12.5 Å². The molecular weight excluding hydrogens is 330 g/mol. The molecule has 7 nitrogen and oxygen atoms in total. The summed E-state index contributed by atoms with van der Waals surface area (Å²) in [4.78, 5) is 10.3. The normalized spacial score (nSPS) is 17.6. The zero-order valence-corrected chi connectivity index (χ0v) is 13.7. The Labute approximate surface area is 139 Å². The SMILES string of the molecule is CS(=O)(=O)N1N=C(c2ccccc2)C[C@H]1c1ccc([N+](=O)[O-])cc1. The summed E-state index contributed by atoms with van der Waals surface area (Å²) >= 11 is 0. The summed E-state index contributed by atoms with van der Waals surface area (Å²) < 4.78 is 25.2. The Hall–Kier alpha value is -2.74. The van der Waals surface area contributed by atoms with Crippen LogP contribution in [0.2, 0.25) is 0 Å². The first-order valence-electron chi connectivity index (χ1n) is 7.23. The van der Waals surface area contributed by atoms with Crippen molar-refractivity contribution in [2.24, 2.45) is 5.10 Å². The molecule has 1 atom stereocenters. The van der Waals surface area contributed by atoms with Crippen LogP contribution in [-0.2, 0) is 10.0 Å². The van der Waals surface area contributed by atoms with Gasteiger partial charge >= 0.3 is 0 Å². The molecule has 124 valence electrons. The number of hydrogen-bond acceptors (Lipinski definition) is 5. The van der Waals surface area contributed by atoms with Crippen molar-refractivity contribution in [1.29, 1.82) is 0 Å². The average Bonchev–Trinajstić information content (AvgIpc) is 3.01. The average molecular weight is 345 g/mol. The van der Waals surface area contributed by atoms with E-state index in [0.717, 1.165) is 16.2 Å². The molecule has 0 fully saturated rings. The van der Waals surface area contributed by atoms with Gasteiger partial charge in [0.25, 0.3) is 5.69 Å². The molecule has 24 heavy (non-hydrogen) atoms. The van der Waals surface area contributed by atoms with Crippen LogP contribution in [0.1, 0.15) is 23.6 Å². The lowest BCUT2D eigenvalue weighted by Gasteiger charge is -2.21. The van der Waals surface area contributed by atoms with Crippen molar-refractivity contribution in [3.63, 3.8) is 0 Å². The first-order valence-corrected chi connectivity index (χ1v) is 9.08. The molecule has 0 aromatic heterocycles. The fourth-order valence-electron chi connectivity index (χ4n) is 2.67. The van der Waals surface area contributed by atoms with Gasteiger partial charge in [-0.1, -0.05) is 42.5 Å². The largest absolute Gasteiger partial charge is 0.269 e. The molecule has 0 amide bonds. The van der Waals surface area contributed by atoms with Gasteiger partial charge in [0.1, 0.15) is 0 Å². The zero-order valence-electron chi connectivity index (χ0n) is 12.9. The van der Waals surface area contributed by atoms with E-state index in [1.165, 1.54) is 12.1 Å². The van der Waals surface area contributed by atoms with Gasteiger partial charge in [0.15, 0.2) is 0 Å². The minimum Gasteiger partial charge on any atom is -0.258 e. The molecule has 1 heterocycles. The monoisotopic (exact) mass is 345 g/mol. The highest BCUT2D eigenvalue weighted by Gasteiger charge is 2.34. The molecule has 3 rings (SSSR count). The Morgan fingerprint density at radius 3 is 2.29 bits per heavy atom. The smallest absolute Gasteiger partial charge is 0.258 e. The first kappa shape index (κ1) is 16.1. The molecule has 1 aliphatic rings. The minimum absolute atomic E-state index is 0.0353. The topological polar surface area (TPSA) is 92.9 Å². The van der Waals surface area contributed by atoms with Crippen molar-refractivity contribution < 1.29 is 13.3 Å². The second-order valence-electron chi connectivity index (χ2n) is 5.52. The van der Waals surface area contributed by atoms with E-state index >= 15 is 0 Å². The van der Waals surface area contributed by atoms with Gasteiger partial charge in [-0.3, -0.25) is 10.1 Å². The number of sulfonamides is 1. The van der Waals surface area contributed by atoms with E-state index in [2.05, 4.69) is 5.10 Å². The standard InChI is InChI=1S/C16H15N3O4S/c1-24(22,23)18-16(13-7-9-14(10-8-13)19(20)21)11-15(17-18)12-5-3-2-4-6-12/h2-10,16H,11H2,1H3/t16-/m0/s1. The fourth-order valence-corrected chi connectivity index (χ4v) is 3.57. The summed E-state index contributed by atoms with van der Waals surface area (Å²) in [7, 11) is -3.56. The molecule has 2 aromatic carbocycles. The van der Waals surface area contributed by atoms with Gasteiger partial charge in [0.05, 0.1) is 22.9 Å². The van der Waals surface area contributed by atoms with Gasteiger partial charge in [0.2, 0.25) is 10.0 Å². The van der Waals surface area contributed by atoms with Crippen LogP contribution in [0.4, 0.5) is 5.69 Å². The summed E-state index contributed by atoms with van der Waals surface area (Å²) in [5.74, 6) is 0. The number of nitro groups is 1. The summed E-state index contributed by atoms with van der Waals surface area (Å²) in [6.45, 7) is 0. The molecule has 0 unspecified atom stereocenters. The van der Waals surface area contributed by atoms with Crippen molar-refractivity contribution in [3.8, 4) is 0 Å². The second kappa shape index (κ2) is 6.04. The van der Waals surface area contributed by atoms with Crippen molar-refractivity contribution in [3.05, 3.63) is 75.8 Å². The lowest BCUT2D eigenvalue weighted by molar-refractivity contribution is -0.384. The first-order chi connectivity index (χ1) is 11.4. The maximum absolute atomic E-state index is 12.1. The number of nitrogens with zero attached hydrogens (tertiary/aromatic N) is 3. The maximum atomic E-state index is 12.1. The van der Waals surface area contributed by atoms with Gasteiger partial charge in [-0.05, 0) is 11.1 Å². The lowest BCUT2D eigenvalue weighted by Crippen LogP contribution is -2.25. The highest BCUT2D eigenvalue weighted by molar-refractivity contribution is 7.88. The van der Waals surface area contributed by atoms with Gasteiger partial charge in [0, 0.05) is 18.6 Å². The molecule has 0 saturated carbocycles. The molecule has 0 aliphatic carbocycles. The van der Waals surface area contributed by atoms with E-state index in [1.54, 1.807) is 12.1 Å². The van der Waals surface area contributed by atoms with E-state index in [0.29, 0.717) is 17.7 Å². The molecular formula is C16H15N3O4S. The van der Waals surface area contributed by atoms with Crippen molar-refractivity contribution in [1.82, 2.24) is 4.41 Å². The molecule has 0 N–H and O–H groups in total. The Morgan fingerprint density at radius 1 is 1.12 bits per heavy atom. The van der Waals surface area contributed by atoms with Crippen LogP contribution in [0, 0.1) is 10.1 Å². The van der Waals surface area contributed by atoms with E-state index in [4.69, 9.17) is 0 Å². The summed E-state index contributed by atoms with van der Waals surface area (Å²) in [6.07, 6.45) is 1.51. The highest BCUT2D eigenvalue weighted by atomic mass is 32.2. The molecule has 8 heteroatoms. The van der Waals surface area contributed by atoms with Crippen LogP contribution in [-0.4, -0.2) is 29.7 Å². The van der Waals surface area contributed by atoms with Crippen LogP contribution in [0.3, 0.4) is 0 Å². The van der Waals surface area contributed by atoms with Crippen molar-refractivity contribution >= 4 is 21.4 Å². The number of hydrazone groups is 1. The third-order valence-corrected chi connectivity index (χ3v) is 4.82. The number of rotatable bonds is 4. The Kier molecular flexibility index (Phi) is 4.06. The van der Waals surface area contributed by atoms with Crippen molar-refractivity contribution in [2.75, 3.05) is 6.26 Å². The molecule has 0 bridgehead atoms. The quantitative estimate of drug-likeness (QED) is 0.629. The van der Waals surface area contributed by atoms with Gasteiger partial charge < -0.3 is 0 Å². The van der Waals surface area contributed by atoms with E-state index in [-0.39, 0.29) is 5.69 Å². The number of non-ortho nitro benzene ring substituents is 1. The fraction of sp³-hybridized carbons (Fsp3) is 0.188. The highest BCUT2D eigenvalue weighted by Crippen LogP contribution is 2.35. The third-order valence-electron chi connectivity index (χ3n) is 3.81. The van der Waals surface area contributed by atoms with Crippen LogP contribution < -0.4 is 0 Å². The number of hydrogen-bond donors (Lipinski definition) is 0. The van der Waals surface area contributed by atoms with Crippen LogP contribution in [0.15, 0.2) is 59.7 Å². The minimum atomic E-state index is -3.56. The van der Waals surface area contributed by atoms with E-state index < -0.39 is 21.0 Å². The van der Waals surface area contributed by atoms with E-state index in [1.807, 2.05) is 30.3 Å². The van der Waals surface area contributed by atoms with Crippen LogP contribution >= 0.6 is 0 Å². The Balaban J connectivity index is 1.97. The summed E-state index contributed by atoms with van der Waals surface area (Å²) in [6, 6.07) is 14.7. The van der Waals surface area contributed by atoms with Gasteiger partial charge in [-0.15, -0.1) is 0 Å². The number of nitro benzene ring substituents is 1. The van der Waals surface area contributed by atoms with Crippen LogP contribution in [0.25, 0.3) is 0 Å². The lowest BCUT2D eigenvalue weighted by atomic mass is 9.99. The molecule has 0 radical (unpaired) electrons. The molecule has 1 aliphatic heterocycles. The third kappa shape index (κ3) is 3.13. The molecule has 2 aromatic rings. The maximum Gasteiger partial charge on any atom is 0.269 e. The zero-order chi connectivity index (χ0) is 17.3. The van der Waals surface area contributed by atoms with E-state index in [9.17, 15) is 18.5 Å². The van der Waals surface area contributed by atoms with Gasteiger partial charge in [-0.2, -0.15) is 9.52 Å². The summed E-state index contributed by atoms with van der Waals surface area (Å²) in [5, 5.41) is 15.0. The predicted molar refractivity (Wildman–Crippen MR) is 90.1 cm³/mol. The van der Waals surface area contributed by atoms with Gasteiger partial charge in [-0.25, -0.2) is 8.42 Å². The summed E-state index contributed by atoms with van der Waals surface area (Å²) in [5.41, 5.74) is 2.16. The molecule has 0 saturated heterocycles.